The van der Waals surface area contributed by atoms with Crippen molar-refractivity contribution in [2.75, 3.05) is 6.54 Å². The van der Waals surface area contributed by atoms with Crippen molar-refractivity contribution in [2.24, 2.45) is 5.73 Å². The van der Waals surface area contributed by atoms with Crippen molar-refractivity contribution >= 4 is 27.7 Å². The van der Waals surface area contributed by atoms with E-state index >= 15 is 0 Å². The Kier molecular flexibility index (Phi) is 7.02. The van der Waals surface area contributed by atoms with Gasteiger partial charge in [0.2, 0.25) is 0 Å². The predicted molar refractivity (Wildman–Crippen MR) is 103 cm³/mol. The van der Waals surface area contributed by atoms with Crippen LogP contribution in [0, 0.1) is 0 Å². The van der Waals surface area contributed by atoms with E-state index in [0.29, 0.717) is 18.0 Å². The molecule has 0 aliphatic carbocycles. The fourth-order valence-electron chi connectivity index (χ4n) is 2.54. The Bertz CT molecular complexity index is 868. The van der Waals surface area contributed by atoms with Crippen molar-refractivity contribution in [1.29, 1.82) is 0 Å². The number of urea groups is 1. The molecule has 2 rings (SSSR count). The monoisotopic (exact) mass is 395 g/mol. The summed E-state index contributed by atoms with van der Waals surface area (Å²) >= 11 is 6.20. The van der Waals surface area contributed by atoms with Crippen LogP contribution in [0.2, 0.25) is 5.02 Å². The maximum atomic E-state index is 12.2. The first-order valence-electron chi connectivity index (χ1n) is 8.23. The zero-order valence-corrected chi connectivity index (χ0v) is 16.0. The number of rotatable bonds is 7. The van der Waals surface area contributed by atoms with Crippen LogP contribution in [-0.2, 0) is 29.4 Å². The minimum Gasteiger partial charge on any atom is -0.337 e. The second-order valence-corrected chi connectivity index (χ2v) is 7.78. The smallest absolute Gasteiger partial charge is 0.328 e. The standard InChI is InChI=1S/C18H22ClN3O3S/c1-2-14-4-3-5-17(19)16(14)10-11-21-18(23)22-26(24,25)15-8-6-13(12-20)7-9-15/h3-9H,2,10-12,20H2,1H3,(H2,21,22,23). The van der Waals surface area contributed by atoms with Gasteiger partial charge >= 0.3 is 6.03 Å². The van der Waals surface area contributed by atoms with Crippen molar-refractivity contribution < 1.29 is 13.2 Å². The zero-order valence-electron chi connectivity index (χ0n) is 14.5. The van der Waals surface area contributed by atoms with Gasteiger partial charge in [-0.3, -0.25) is 0 Å². The molecule has 2 aromatic carbocycles. The average Bonchev–Trinajstić information content (AvgIpc) is 2.62. The minimum absolute atomic E-state index is 0.00391. The van der Waals surface area contributed by atoms with Crippen LogP contribution >= 0.6 is 11.6 Å². The summed E-state index contributed by atoms with van der Waals surface area (Å²) < 4.78 is 26.4. The van der Waals surface area contributed by atoms with Gasteiger partial charge in [-0.2, -0.15) is 0 Å². The molecule has 6 nitrogen and oxygen atoms in total. The topological polar surface area (TPSA) is 101 Å². The van der Waals surface area contributed by atoms with Gasteiger partial charge in [-0.1, -0.05) is 42.8 Å². The molecule has 0 saturated carbocycles. The third-order valence-corrected chi connectivity index (χ3v) is 5.65. The molecule has 0 unspecified atom stereocenters. The summed E-state index contributed by atoms with van der Waals surface area (Å²) in [6, 6.07) is 10.9. The van der Waals surface area contributed by atoms with E-state index in [9.17, 15) is 13.2 Å². The van der Waals surface area contributed by atoms with Gasteiger partial charge in [0.05, 0.1) is 4.90 Å². The maximum absolute atomic E-state index is 12.2. The molecular weight excluding hydrogens is 374 g/mol. The summed E-state index contributed by atoms with van der Waals surface area (Å²) in [5.41, 5.74) is 8.35. The van der Waals surface area contributed by atoms with Crippen molar-refractivity contribution in [1.82, 2.24) is 10.0 Å². The predicted octanol–water partition coefficient (Wildman–Crippen LogP) is 2.59. The number of sulfonamides is 1. The highest BCUT2D eigenvalue weighted by Crippen LogP contribution is 2.20. The SMILES string of the molecule is CCc1cccc(Cl)c1CCNC(=O)NS(=O)(=O)c1ccc(CN)cc1. The average molecular weight is 396 g/mol. The third kappa shape index (κ3) is 5.20. The van der Waals surface area contributed by atoms with Crippen LogP contribution in [0.3, 0.4) is 0 Å². The molecule has 0 saturated heterocycles. The van der Waals surface area contributed by atoms with E-state index in [1.807, 2.05) is 23.8 Å². The first kappa shape index (κ1) is 20.2. The molecule has 0 fully saturated rings. The van der Waals surface area contributed by atoms with Crippen LogP contribution in [-0.4, -0.2) is 21.0 Å². The fraction of sp³-hybridized carbons (Fsp3) is 0.278. The van der Waals surface area contributed by atoms with E-state index in [0.717, 1.165) is 23.1 Å². The molecular formula is C18H22ClN3O3S. The molecule has 4 N–H and O–H groups in total. The summed E-state index contributed by atoms with van der Waals surface area (Å²) in [5, 5.41) is 3.19. The van der Waals surface area contributed by atoms with Crippen molar-refractivity contribution in [2.45, 2.75) is 31.2 Å². The Balaban J connectivity index is 1.94. The molecule has 2 aromatic rings. The number of carbonyl (C=O) groups is 1. The number of hydrogen-bond acceptors (Lipinski definition) is 4. The molecule has 26 heavy (non-hydrogen) atoms. The highest BCUT2D eigenvalue weighted by Gasteiger charge is 2.17. The number of aryl methyl sites for hydroxylation is 1. The Morgan fingerprint density at radius 2 is 1.85 bits per heavy atom. The van der Waals surface area contributed by atoms with Crippen LogP contribution in [0.15, 0.2) is 47.4 Å². The van der Waals surface area contributed by atoms with Gasteiger partial charge < -0.3 is 11.1 Å². The van der Waals surface area contributed by atoms with Crippen LogP contribution in [0.25, 0.3) is 0 Å². The second-order valence-electron chi connectivity index (χ2n) is 5.69. The summed E-state index contributed by atoms with van der Waals surface area (Å²) in [5.74, 6) is 0. The lowest BCUT2D eigenvalue weighted by molar-refractivity contribution is 0.246. The Labute approximate surface area is 158 Å². The molecule has 2 amide bonds. The number of nitrogens with two attached hydrogens (primary N) is 1. The van der Waals surface area contributed by atoms with Crippen LogP contribution in [0.1, 0.15) is 23.6 Å². The molecule has 0 aliphatic heterocycles. The highest BCUT2D eigenvalue weighted by molar-refractivity contribution is 7.90. The quantitative estimate of drug-likeness (QED) is 0.670. The fourth-order valence-corrected chi connectivity index (χ4v) is 3.75. The number of benzene rings is 2. The van der Waals surface area contributed by atoms with E-state index in [4.69, 9.17) is 17.3 Å². The molecule has 0 radical (unpaired) electrons. The van der Waals surface area contributed by atoms with Gasteiger partial charge in [0.25, 0.3) is 10.0 Å². The van der Waals surface area contributed by atoms with E-state index in [2.05, 4.69) is 5.32 Å². The van der Waals surface area contributed by atoms with E-state index in [-0.39, 0.29) is 11.4 Å². The van der Waals surface area contributed by atoms with Crippen LogP contribution < -0.4 is 15.8 Å². The number of carbonyl (C=O) groups excluding carboxylic acids is 1. The highest BCUT2D eigenvalue weighted by atomic mass is 35.5. The van der Waals surface area contributed by atoms with Crippen LogP contribution in [0.5, 0.6) is 0 Å². The summed E-state index contributed by atoms with van der Waals surface area (Å²) in [4.78, 5) is 11.9. The molecule has 0 spiro atoms. The molecule has 0 atom stereocenters. The summed E-state index contributed by atoms with van der Waals surface area (Å²) in [7, 11) is -3.93. The number of nitrogens with one attached hydrogen (secondary N) is 2. The Morgan fingerprint density at radius 1 is 1.15 bits per heavy atom. The van der Waals surface area contributed by atoms with Gasteiger partial charge in [0.15, 0.2) is 0 Å². The second kappa shape index (κ2) is 9.02. The number of hydrogen-bond donors (Lipinski definition) is 3. The lowest BCUT2D eigenvalue weighted by Crippen LogP contribution is -2.40. The molecule has 8 heteroatoms. The number of halogens is 1. The van der Waals surface area contributed by atoms with E-state index in [1.165, 1.54) is 12.1 Å². The molecule has 140 valence electrons. The summed E-state index contributed by atoms with van der Waals surface area (Å²) in [6.45, 7) is 2.61. The molecule has 0 bridgehead atoms. The Morgan fingerprint density at radius 3 is 2.46 bits per heavy atom. The number of amides is 2. The molecule has 0 heterocycles. The minimum atomic E-state index is -3.93. The van der Waals surface area contributed by atoms with E-state index in [1.54, 1.807) is 18.2 Å². The van der Waals surface area contributed by atoms with Gasteiger partial charge in [-0.15, -0.1) is 0 Å². The van der Waals surface area contributed by atoms with Crippen LogP contribution in [0.4, 0.5) is 4.79 Å². The van der Waals surface area contributed by atoms with Crippen molar-refractivity contribution in [3.63, 3.8) is 0 Å². The lowest BCUT2D eigenvalue weighted by atomic mass is 10.0. The zero-order chi connectivity index (χ0) is 19.2. The van der Waals surface area contributed by atoms with Gasteiger partial charge in [0, 0.05) is 18.1 Å². The largest absolute Gasteiger partial charge is 0.337 e. The Hall–Kier alpha value is -2.09. The van der Waals surface area contributed by atoms with Crippen molar-refractivity contribution in [3.8, 4) is 0 Å². The third-order valence-electron chi connectivity index (χ3n) is 3.95. The lowest BCUT2D eigenvalue weighted by Gasteiger charge is -2.12. The first-order valence-corrected chi connectivity index (χ1v) is 10.1. The molecule has 0 aromatic heterocycles. The van der Waals surface area contributed by atoms with Crippen molar-refractivity contribution in [3.05, 3.63) is 64.2 Å². The van der Waals surface area contributed by atoms with Gasteiger partial charge in [0.1, 0.15) is 0 Å². The summed E-state index contributed by atoms with van der Waals surface area (Å²) in [6.07, 6.45) is 1.34. The first-order chi connectivity index (χ1) is 12.4. The van der Waals surface area contributed by atoms with E-state index < -0.39 is 16.1 Å². The van der Waals surface area contributed by atoms with Gasteiger partial charge in [-0.25, -0.2) is 17.9 Å². The van der Waals surface area contributed by atoms with Gasteiger partial charge in [-0.05, 0) is 47.7 Å². The maximum Gasteiger partial charge on any atom is 0.328 e. The normalized spacial score (nSPS) is 11.2. The molecule has 0 aliphatic rings.